The molecule has 1 unspecified atom stereocenters. The van der Waals surface area contributed by atoms with Gasteiger partial charge in [0.25, 0.3) is 5.91 Å². The van der Waals surface area contributed by atoms with E-state index >= 15 is 0 Å². The van der Waals surface area contributed by atoms with Crippen molar-refractivity contribution < 1.29 is 9.59 Å². The molecule has 1 N–H and O–H groups in total. The molecule has 2 fully saturated rings. The highest BCUT2D eigenvalue weighted by Gasteiger charge is 2.47. The molecule has 0 aromatic carbocycles. The van der Waals surface area contributed by atoms with E-state index in [1.54, 1.807) is 29.0 Å². The first-order valence-corrected chi connectivity index (χ1v) is 9.36. The zero-order valence-corrected chi connectivity index (χ0v) is 15.3. The van der Waals surface area contributed by atoms with Gasteiger partial charge in [0.05, 0.1) is 6.20 Å². The van der Waals surface area contributed by atoms with Gasteiger partial charge in [0.15, 0.2) is 5.65 Å². The lowest BCUT2D eigenvalue weighted by atomic mass is 9.85. The fraction of sp³-hybridized carbons (Fsp3) is 0.579. The largest absolute Gasteiger partial charge is 0.349 e. The van der Waals surface area contributed by atoms with Gasteiger partial charge in [0, 0.05) is 36.8 Å². The van der Waals surface area contributed by atoms with Crippen molar-refractivity contribution >= 4 is 17.5 Å². The SMILES string of the molecule is CC(C)(C(=O)N1CCCC1CNC(=O)c1ccn2nccc2n1)C1CC1. The van der Waals surface area contributed by atoms with E-state index in [9.17, 15) is 9.59 Å². The van der Waals surface area contributed by atoms with E-state index < -0.39 is 0 Å². The highest BCUT2D eigenvalue weighted by molar-refractivity contribution is 5.92. The molecule has 1 saturated carbocycles. The van der Waals surface area contributed by atoms with Crippen molar-refractivity contribution in [3.05, 3.63) is 30.2 Å². The van der Waals surface area contributed by atoms with E-state index in [2.05, 4.69) is 29.2 Å². The third kappa shape index (κ3) is 3.06. The number of carbonyl (C=O) groups is 2. The zero-order valence-electron chi connectivity index (χ0n) is 15.3. The van der Waals surface area contributed by atoms with Gasteiger partial charge in [-0.15, -0.1) is 0 Å². The molecule has 2 aromatic rings. The maximum atomic E-state index is 13.0. The Hall–Kier alpha value is -2.44. The van der Waals surface area contributed by atoms with Gasteiger partial charge in [0.2, 0.25) is 5.91 Å². The summed E-state index contributed by atoms with van der Waals surface area (Å²) in [5.41, 5.74) is 0.718. The van der Waals surface area contributed by atoms with E-state index in [1.165, 1.54) is 0 Å². The van der Waals surface area contributed by atoms with Gasteiger partial charge in [-0.3, -0.25) is 9.59 Å². The smallest absolute Gasteiger partial charge is 0.270 e. The van der Waals surface area contributed by atoms with Crippen LogP contribution < -0.4 is 5.32 Å². The third-order valence-electron chi connectivity index (χ3n) is 5.78. The summed E-state index contributed by atoms with van der Waals surface area (Å²) >= 11 is 0. The second kappa shape index (κ2) is 6.37. The predicted octanol–water partition coefficient (Wildman–Crippen LogP) is 1.89. The number of hydrogen-bond donors (Lipinski definition) is 1. The van der Waals surface area contributed by atoms with Gasteiger partial charge in [-0.05, 0) is 37.7 Å². The van der Waals surface area contributed by atoms with Crippen LogP contribution in [0, 0.1) is 11.3 Å². The number of nitrogens with one attached hydrogen (secondary N) is 1. The molecular weight excluding hydrogens is 330 g/mol. The summed E-state index contributed by atoms with van der Waals surface area (Å²) in [4.78, 5) is 31.7. The highest BCUT2D eigenvalue weighted by atomic mass is 16.2. The minimum Gasteiger partial charge on any atom is -0.349 e. The minimum atomic E-state index is -0.290. The molecule has 3 heterocycles. The van der Waals surface area contributed by atoms with Crippen LogP contribution in [0.5, 0.6) is 0 Å². The lowest BCUT2D eigenvalue weighted by Crippen LogP contribution is -2.48. The van der Waals surface area contributed by atoms with Crippen molar-refractivity contribution in [3.63, 3.8) is 0 Å². The van der Waals surface area contributed by atoms with Crippen LogP contribution in [0.3, 0.4) is 0 Å². The molecule has 1 aliphatic carbocycles. The summed E-state index contributed by atoms with van der Waals surface area (Å²) in [5, 5.41) is 7.03. The Labute approximate surface area is 152 Å². The molecule has 0 spiro atoms. The van der Waals surface area contributed by atoms with E-state index in [-0.39, 0.29) is 23.3 Å². The van der Waals surface area contributed by atoms with Gasteiger partial charge < -0.3 is 10.2 Å². The Morgan fingerprint density at radius 2 is 2.08 bits per heavy atom. The second-order valence-electron chi connectivity index (χ2n) is 7.95. The Bertz CT molecular complexity index is 839. The Balaban J connectivity index is 1.39. The summed E-state index contributed by atoms with van der Waals surface area (Å²) < 4.78 is 1.62. The van der Waals surface area contributed by atoms with Gasteiger partial charge in [-0.25, -0.2) is 9.50 Å². The summed E-state index contributed by atoms with van der Waals surface area (Å²) in [5.74, 6) is 0.530. The Morgan fingerprint density at radius 1 is 1.27 bits per heavy atom. The maximum Gasteiger partial charge on any atom is 0.270 e. The molecule has 2 aromatic heterocycles. The fourth-order valence-corrected chi connectivity index (χ4v) is 3.91. The van der Waals surface area contributed by atoms with Crippen molar-refractivity contribution in [1.82, 2.24) is 24.8 Å². The van der Waals surface area contributed by atoms with Gasteiger partial charge in [-0.2, -0.15) is 5.10 Å². The summed E-state index contributed by atoms with van der Waals surface area (Å²) in [6, 6.07) is 3.49. The summed E-state index contributed by atoms with van der Waals surface area (Å²) in [7, 11) is 0. The lowest BCUT2D eigenvalue weighted by molar-refractivity contribution is -0.142. The fourth-order valence-electron chi connectivity index (χ4n) is 3.91. The standard InChI is InChI=1S/C19H25N5O2/c1-19(2,13-5-6-13)18(26)23-10-3-4-14(23)12-20-17(25)15-8-11-24-16(22-15)7-9-21-24/h7-9,11,13-14H,3-6,10,12H2,1-2H3,(H,20,25). The number of amides is 2. The van der Waals surface area contributed by atoms with Crippen LogP contribution in [0.15, 0.2) is 24.5 Å². The first-order chi connectivity index (χ1) is 12.5. The predicted molar refractivity (Wildman–Crippen MR) is 96.6 cm³/mol. The molecular formula is C19H25N5O2. The van der Waals surface area contributed by atoms with E-state index in [0.29, 0.717) is 23.8 Å². The lowest BCUT2D eigenvalue weighted by Gasteiger charge is -2.33. The normalized spacial score (nSPS) is 20.5. The second-order valence-corrected chi connectivity index (χ2v) is 7.95. The van der Waals surface area contributed by atoms with Crippen LogP contribution >= 0.6 is 0 Å². The number of rotatable bonds is 5. The first kappa shape index (κ1) is 17.0. The van der Waals surface area contributed by atoms with Crippen LogP contribution in [0.25, 0.3) is 5.65 Å². The van der Waals surface area contributed by atoms with E-state index in [0.717, 1.165) is 32.2 Å². The van der Waals surface area contributed by atoms with Gasteiger partial charge >= 0.3 is 0 Å². The first-order valence-electron chi connectivity index (χ1n) is 9.36. The molecule has 2 amide bonds. The Kier molecular flexibility index (Phi) is 4.17. The molecule has 1 saturated heterocycles. The molecule has 2 aliphatic rings. The average molecular weight is 355 g/mol. The highest BCUT2D eigenvalue weighted by Crippen LogP contribution is 2.46. The number of aromatic nitrogens is 3. The molecule has 7 heteroatoms. The topological polar surface area (TPSA) is 79.6 Å². The molecule has 4 rings (SSSR count). The van der Waals surface area contributed by atoms with Gasteiger partial charge in [0.1, 0.15) is 5.69 Å². The molecule has 1 atom stereocenters. The van der Waals surface area contributed by atoms with Crippen molar-refractivity contribution in [2.75, 3.05) is 13.1 Å². The van der Waals surface area contributed by atoms with Crippen molar-refractivity contribution in [2.24, 2.45) is 11.3 Å². The van der Waals surface area contributed by atoms with Crippen molar-refractivity contribution in [2.45, 2.75) is 45.6 Å². The average Bonchev–Trinajstić information content (AvgIpc) is 3.23. The summed E-state index contributed by atoms with van der Waals surface area (Å²) in [6.45, 7) is 5.38. The minimum absolute atomic E-state index is 0.0724. The third-order valence-corrected chi connectivity index (χ3v) is 5.78. The van der Waals surface area contributed by atoms with Gasteiger partial charge in [-0.1, -0.05) is 13.8 Å². The molecule has 1 aliphatic heterocycles. The molecule has 0 bridgehead atoms. The molecule has 0 radical (unpaired) electrons. The number of carbonyl (C=O) groups excluding carboxylic acids is 2. The number of nitrogens with zero attached hydrogens (tertiary/aromatic N) is 4. The number of likely N-dealkylation sites (tertiary alicyclic amines) is 1. The van der Waals surface area contributed by atoms with Crippen LogP contribution in [0.1, 0.15) is 50.0 Å². The Morgan fingerprint density at radius 3 is 2.85 bits per heavy atom. The van der Waals surface area contributed by atoms with Crippen LogP contribution in [0.4, 0.5) is 0 Å². The van der Waals surface area contributed by atoms with Crippen LogP contribution in [-0.4, -0.2) is 50.4 Å². The zero-order chi connectivity index (χ0) is 18.3. The van der Waals surface area contributed by atoms with Crippen molar-refractivity contribution in [1.29, 1.82) is 0 Å². The van der Waals surface area contributed by atoms with E-state index in [4.69, 9.17) is 0 Å². The number of hydrogen-bond acceptors (Lipinski definition) is 4. The van der Waals surface area contributed by atoms with Crippen molar-refractivity contribution in [3.8, 4) is 0 Å². The van der Waals surface area contributed by atoms with E-state index in [1.807, 2.05) is 4.90 Å². The molecule has 138 valence electrons. The van der Waals surface area contributed by atoms with Crippen LogP contribution in [0.2, 0.25) is 0 Å². The molecule has 26 heavy (non-hydrogen) atoms. The number of fused-ring (bicyclic) bond motifs is 1. The summed E-state index contributed by atoms with van der Waals surface area (Å²) in [6.07, 6.45) is 7.59. The quantitative estimate of drug-likeness (QED) is 0.888. The van der Waals surface area contributed by atoms with Crippen LogP contribution in [-0.2, 0) is 4.79 Å². The molecule has 7 nitrogen and oxygen atoms in total. The maximum absolute atomic E-state index is 13.0. The monoisotopic (exact) mass is 355 g/mol.